The second-order valence-electron chi connectivity index (χ2n) is 8.02. The lowest BCUT2D eigenvalue weighted by Gasteiger charge is -2.20. The van der Waals surface area contributed by atoms with E-state index < -0.39 is 0 Å². The van der Waals surface area contributed by atoms with Crippen molar-refractivity contribution in [1.82, 2.24) is 0 Å². The fourth-order valence-corrected chi connectivity index (χ4v) is 3.92. The van der Waals surface area contributed by atoms with Crippen LogP contribution >= 0.6 is 0 Å². The lowest BCUT2D eigenvalue weighted by atomic mass is 10.1. The summed E-state index contributed by atoms with van der Waals surface area (Å²) in [5.74, 6) is 0.441. The van der Waals surface area contributed by atoms with Gasteiger partial charge in [-0.1, -0.05) is 24.3 Å². The smallest absolute Gasteiger partial charge is 0.262 e. The predicted molar refractivity (Wildman–Crippen MR) is 136 cm³/mol. The number of benzene rings is 3. The van der Waals surface area contributed by atoms with E-state index in [0.717, 1.165) is 6.42 Å². The Kier molecular flexibility index (Phi) is 7.69. The summed E-state index contributed by atoms with van der Waals surface area (Å²) in [4.78, 5) is 39.2. The van der Waals surface area contributed by atoms with E-state index in [9.17, 15) is 14.4 Å². The maximum atomic E-state index is 13.0. The average Bonchev–Trinajstić information content (AvgIpc) is 3.33. The van der Waals surface area contributed by atoms with E-state index in [0.29, 0.717) is 52.8 Å². The van der Waals surface area contributed by atoms with Crippen LogP contribution in [0.3, 0.4) is 0 Å². The van der Waals surface area contributed by atoms with Gasteiger partial charge in [0.25, 0.3) is 11.8 Å². The Morgan fingerprint density at radius 3 is 2.31 bits per heavy atom. The molecule has 0 aliphatic carbocycles. The van der Waals surface area contributed by atoms with Crippen molar-refractivity contribution in [3.05, 3.63) is 72.3 Å². The summed E-state index contributed by atoms with van der Waals surface area (Å²) in [5, 5.41) is 5.61. The van der Waals surface area contributed by atoms with Gasteiger partial charge in [0, 0.05) is 18.5 Å². The van der Waals surface area contributed by atoms with Crippen LogP contribution in [0.1, 0.15) is 23.2 Å². The number of methoxy groups -OCH3 is 2. The Bertz CT molecular complexity index is 1280. The van der Waals surface area contributed by atoms with Gasteiger partial charge in [-0.05, 0) is 48.9 Å². The summed E-state index contributed by atoms with van der Waals surface area (Å²) < 4.78 is 16.2. The summed E-state index contributed by atoms with van der Waals surface area (Å²) in [6.45, 7) is 0.355. The van der Waals surface area contributed by atoms with Gasteiger partial charge in [0.15, 0.2) is 18.1 Å². The first-order valence-electron chi connectivity index (χ1n) is 11.4. The van der Waals surface area contributed by atoms with Gasteiger partial charge in [0.1, 0.15) is 5.75 Å². The van der Waals surface area contributed by atoms with E-state index in [1.165, 1.54) is 20.3 Å². The van der Waals surface area contributed by atoms with Crippen LogP contribution in [0, 0.1) is 0 Å². The zero-order valence-electron chi connectivity index (χ0n) is 20.1. The first-order chi connectivity index (χ1) is 17.5. The minimum atomic E-state index is -0.378. The minimum absolute atomic E-state index is 0.0367. The molecule has 3 aromatic carbocycles. The van der Waals surface area contributed by atoms with E-state index in [1.807, 2.05) is 12.1 Å². The van der Waals surface area contributed by atoms with Crippen LogP contribution in [-0.4, -0.2) is 45.1 Å². The zero-order chi connectivity index (χ0) is 25.5. The Labute approximate surface area is 209 Å². The molecule has 9 nitrogen and oxygen atoms in total. The van der Waals surface area contributed by atoms with Gasteiger partial charge in [0.05, 0.1) is 31.3 Å². The molecule has 2 N–H and O–H groups in total. The number of ether oxygens (including phenoxy) is 3. The van der Waals surface area contributed by atoms with Gasteiger partial charge in [0.2, 0.25) is 5.91 Å². The van der Waals surface area contributed by atoms with E-state index in [2.05, 4.69) is 10.6 Å². The third kappa shape index (κ3) is 5.57. The Morgan fingerprint density at radius 2 is 1.58 bits per heavy atom. The second kappa shape index (κ2) is 11.3. The average molecular weight is 490 g/mol. The van der Waals surface area contributed by atoms with Crippen molar-refractivity contribution >= 4 is 34.8 Å². The van der Waals surface area contributed by atoms with Crippen LogP contribution in [-0.2, 0) is 9.59 Å². The summed E-state index contributed by atoms with van der Waals surface area (Å²) in [6.07, 6.45) is 1.29. The Morgan fingerprint density at radius 1 is 0.861 bits per heavy atom. The van der Waals surface area contributed by atoms with E-state index >= 15 is 0 Å². The first kappa shape index (κ1) is 24.6. The molecule has 0 radical (unpaired) electrons. The topological polar surface area (TPSA) is 106 Å². The molecule has 3 amide bonds. The highest BCUT2D eigenvalue weighted by Crippen LogP contribution is 2.32. The molecule has 0 unspecified atom stereocenters. The minimum Gasteiger partial charge on any atom is -0.495 e. The molecule has 1 aliphatic rings. The standard InChI is InChI=1S/C27H27N3O6/c1-34-22-11-6-4-9-20(22)28-25(31)17-36-23-14-13-18(16-24(23)35-2)27(33)29-19-8-3-5-10-21(19)30-15-7-12-26(30)32/h3-6,8-11,13-14,16H,7,12,15,17H2,1-2H3,(H,28,31)(H,29,33). The quantitative estimate of drug-likeness (QED) is 0.469. The van der Waals surface area contributed by atoms with Crippen LogP contribution in [0.15, 0.2) is 66.7 Å². The van der Waals surface area contributed by atoms with Crippen molar-refractivity contribution in [2.75, 3.05) is 42.9 Å². The number of nitrogens with zero attached hydrogens (tertiary/aromatic N) is 1. The number of rotatable bonds is 9. The number of anilines is 3. The lowest BCUT2D eigenvalue weighted by Crippen LogP contribution is -2.25. The predicted octanol–water partition coefficient (Wildman–Crippen LogP) is 4.10. The number of carbonyl (C=O) groups excluding carboxylic acids is 3. The largest absolute Gasteiger partial charge is 0.495 e. The SMILES string of the molecule is COc1ccccc1NC(=O)COc1ccc(C(=O)Nc2ccccc2N2CCCC2=O)cc1OC. The molecule has 36 heavy (non-hydrogen) atoms. The van der Waals surface area contributed by atoms with Crippen molar-refractivity contribution in [2.45, 2.75) is 12.8 Å². The molecule has 0 saturated carbocycles. The normalized spacial score (nSPS) is 12.7. The van der Waals surface area contributed by atoms with Gasteiger partial charge in [-0.15, -0.1) is 0 Å². The summed E-state index contributed by atoms with van der Waals surface area (Å²) in [5.41, 5.74) is 2.08. The molecule has 0 bridgehead atoms. The number of nitrogens with one attached hydrogen (secondary N) is 2. The highest BCUT2D eigenvalue weighted by Gasteiger charge is 2.24. The first-order valence-corrected chi connectivity index (χ1v) is 11.4. The number of para-hydroxylation sites is 4. The number of hydrogen-bond donors (Lipinski definition) is 2. The summed E-state index contributed by atoms with van der Waals surface area (Å²) >= 11 is 0. The molecular weight excluding hydrogens is 462 g/mol. The molecule has 0 aromatic heterocycles. The molecular formula is C27H27N3O6. The molecule has 1 heterocycles. The summed E-state index contributed by atoms with van der Waals surface area (Å²) in [7, 11) is 2.97. The van der Waals surface area contributed by atoms with Crippen LogP contribution in [0.25, 0.3) is 0 Å². The maximum absolute atomic E-state index is 13.0. The van der Waals surface area contributed by atoms with E-state index in [-0.39, 0.29) is 24.3 Å². The third-order valence-corrected chi connectivity index (χ3v) is 5.68. The van der Waals surface area contributed by atoms with Crippen molar-refractivity contribution in [3.63, 3.8) is 0 Å². The second-order valence-corrected chi connectivity index (χ2v) is 8.02. The third-order valence-electron chi connectivity index (χ3n) is 5.68. The molecule has 0 spiro atoms. The van der Waals surface area contributed by atoms with Crippen molar-refractivity contribution in [3.8, 4) is 17.2 Å². The monoisotopic (exact) mass is 489 g/mol. The lowest BCUT2D eigenvalue weighted by molar-refractivity contribution is -0.118. The molecule has 1 saturated heterocycles. The van der Waals surface area contributed by atoms with Gasteiger partial charge >= 0.3 is 0 Å². The van der Waals surface area contributed by atoms with Crippen molar-refractivity contribution < 1.29 is 28.6 Å². The van der Waals surface area contributed by atoms with Gasteiger partial charge in [-0.2, -0.15) is 0 Å². The highest BCUT2D eigenvalue weighted by molar-refractivity contribution is 6.08. The molecule has 9 heteroatoms. The van der Waals surface area contributed by atoms with Gasteiger partial charge in [-0.25, -0.2) is 0 Å². The van der Waals surface area contributed by atoms with Crippen LogP contribution < -0.4 is 29.7 Å². The fourth-order valence-electron chi connectivity index (χ4n) is 3.92. The maximum Gasteiger partial charge on any atom is 0.262 e. The Balaban J connectivity index is 1.42. The van der Waals surface area contributed by atoms with Crippen molar-refractivity contribution in [1.29, 1.82) is 0 Å². The molecule has 0 atom stereocenters. The van der Waals surface area contributed by atoms with Gasteiger partial charge in [-0.3, -0.25) is 14.4 Å². The van der Waals surface area contributed by atoms with Crippen LogP contribution in [0.5, 0.6) is 17.2 Å². The molecule has 1 aliphatic heterocycles. The van der Waals surface area contributed by atoms with E-state index in [4.69, 9.17) is 14.2 Å². The number of amides is 3. The van der Waals surface area contributed by atoms with Crippen LogP contribution in [0.2, 0.25) is 0 Å². The van der Waals surface area contributed by atoms with Crippen LogP contribution in [0.4, 0.5) is 17.1 Å². The Hall–Kier alpha value is -4.53. The fraction of sp³-hybridized carbons (Fsp3) is 0.222. The molecule has 1 fully saturated rings. The van der Waals surface area contributed by atoms with E-state index in [1.54, 1.807) is 53.4 Å². The molecule has 4 rings (SSSR count). The zero-order valence-corrected chi connectivity index (χ0v) is 20.1. The molecule has 186 valence electrons. The number of carbonyl (C=O) groups is 3. The highest BCUT2D eigenvalue weighted by atomic mass is 16.5. The number of hydrogen-bond acceptors (Lipinski definition) is 6. The summed E-state index contributed by atoms with van der Waals surface area (Å²) in [6, 6.07) is 18.9. The van der Waals surface area contributed by atoms with Gasteiger partial charge < -0.3 is 29.7 Å². The molecule has 3 aromatic rings. The van der Waals surface area contributed by atoms with Crippen molar-refractivity contribution in [2.24, 2.45) is 0 Å².